The van der Waals surface area contributed by atoms with Crippen LogP contribution in [0.5, 0.6) is 0 Å². The maximum absolute atomic E-state index is 12.4. The third-order valence-corrected chi connectivity index (χ3v) is 4.40. The van der Waals surface area contributed by atoms with E-state index in [1.807, 2.05) is 30.3 Å². The first-order valence-electron chi connectivity index (χ1n) is 7.18. The molecule has 2 aromatic rings. The molecule has 1 fully saturated rings. The van der Waals surface area contributed by atoms with Gasteiger partial charge in [0.25, 0.3) is 11.8 Å². The van der Waals surface area contributed by atoms with Crippen LogP contribution >= 0.6 is 11.5 Å². The Labute approximate surface area is 141 Å². The molecule has 0 spiro atoms. The van der Waals surface area contributed by atoms with Crippen molar-refractivity contribution in [1.29, 1.82) is 0 Å². The van der Waals surface area contributed by atoms with Gasteiger partial charge in [-0.2, -0.15) is 0 Å². The predicted molar refractivity (Wildman–Crippen MR) is 84.4 cm³/mol. The van der Waals surface area contributed by atoms with E-state index in [0.717, 1.165) is 22.0 Å². The maximum atomic E-state index is 12.4. The number of nitrogens with one attached hydrogen (secondary N) is 1. The van der Waals surface area contributed by atoms with Crippen LogP contribution in [-0.2, 0) is 9.53 Å². The molecule has 3 rings (SSSR count). The van der Waals surface area contributed by atoms with Crippen molar-refractivity contribution in [2.75, 3.05) is 13.2 Å². The molecular weight excluding hydrogens is 332 g/mol. The Morgan fingerprint density at radius 2 is 2.12 bits per heavy atom. The van der Waals surface area contributed by atoms with Crippen molar-refractivity contribution < 1.29 is 19.1 Å². The average Bonchev–Trinajstić information content (AvgIpc) is 3.15. The number of aryl methyl sites for hydroxylation is 1. The number of benzene rings is 1. The van der Waals surface area contributed by atoms with Gasteiger partial charge in [-0.05, 0) is 24.0 Å². The van der Waals surface area contributed by atoms with Crippen LogP contribution in [0.1, 0.15) is 27.0 Å². The number of rotatable bonds is 5. The Kier molecular flexibility index (Phi) is 4.52. The van der Waals surface area contributed by atoms with Gasteiger partial charge in [0.2, 0.25) is 0 Å². The zero-order chi connectivity index (χ0) is 17.1. The number of hydrogen-bond acceptors (Lipinski definition) is 7. The summed E-state index contributed by atoms with van der Waals surface area (Å²) in [7, 11) is 0. The minimum atomic E-state index is -0.703. The van der Waals surface area contributed by atoms with E-state index in [4.69, 9.17) is 4.74 Å². The fourth-order valence-corrected chi connectivity index (χ4v) is 2.88. The Balaban J connectivity index is 1.83. The highest BCUT2D eigenvalue weighted by molar-refractivity contribution is 7.08. The van der Waals surface area contributed by atoms with E-state index < -0.39 is 18.0 Å². The first kappa shape index (κ1) is 16.1. The second-order valence-corrected chi connectivity index (χ2v) is 5.94. The first-order chi connectivity index (χ1) is 11.6. The van der Waals surface area contributed by atoms with Crippen molar-refractivity contribution in [2.45, 2.75) is 13.0 Å². The number of cyclic esters (lactones) is 1. The van der Waals surface area contributed by atoms with Gasteiger partial charge < -0.3 is 10.1 Å². The second-order valence-electron chi connectivity index (χ2n) is 5.18. The Morgan fingerprint density at radius 1 is 1.38 bits per heavy atom. The molecule has 1 aromatic carbocycles. The van der Waals surface area contributed by atoms with Gasteiger partial charge >= 0.3 is 6.09 Å². The van der Waals surface area contributed by atoms with Crippen LogP contribution in [0.2, 0.25) is 0 Å². The van der Waals surface area contributed by atoms with Gasteiger partial charge in [0.05, 0.1) is 18.3 Å². The average molecular weight is 346 g/mol. The van der Waals surface area contributed by atoms with Crippen LogP contribution in [0.15, 0.2) is 30.3 Å². The number of carbonyl (C=O) groups is 3. The summed E-state index contributed by atoms with van der Waals surface area (Å²) < 4.78 is 8.46. The van der Waals surface area contributed by atoms with Crippen molar-refractivity contribution in [1.82, 2.24) is 19.8 Å². The van der Waals surface area contributed by atoms with Gasteiger partial charge in [-0.3, -0.25) is 9.59 Å². The van der Waals surface area contributed by atoms with Gasteiger partial charge in [-0.1, -0.05) is 34.8 Å². The lowest BCUT2D eigenvalue weighted by Crippen LogP contribution is -2.40. The quantitative estimate of drug-likeness (QED) is 0.875. The van der Waals surface area contributed by atoms with Crippen molar-refractivity contribution in [3.05, 3.63) is 46.5 Å². The molecule has 0 unspecified atom stereocenters. The van der Waals surface area contributed by atoms with Crippen LogP contribution < -0.4 is 5.32 Å². The van der Waals surface area contributed by atoms with Crippen molar-refractivity contribution in [2.24, 2.45) is 0 Å². The Bertz CT molecular complexity index is 761. The summed E-state index contributed by atoms with van der Waals surface area (Å²) in [6, 6.07) is 8.55. The zero-order valence-corrected chi connectivity index (χ0v) is 13.6. The molecule has 0 bridgehead atoms. The molecule has 0 saturated carbocycles. The molecule has 1 aliphatic rings. The third-order valence-electron chi connectivity index (χ3n) is 3.57. The van der Waals surface area contributed by atoms with E-state index in [2.05, 4.69) is 14.9 Å². The topological polar surface area (TPSA) is 101 Å². The summed E-state index contributed by atoms with van der Waals surface area (Å²) in [5.74, 6) is -0.776. The summed E-state index contributed by atoms with van der Waals surface area (Å²) in [4.78, 5) is 37.3. The fourth-order valence-electron chi connectivity index (χ4n) is 2.32. The van der Waals surface area contributed by atoms with E-state index in [1.165, 1.54) is 0 Å². The molecule has 8 nitrogen and oxygen atoms in total. The lowest BCUT2D eigenvalue weighted by molar-refractivity contribution is -0.126. The van der Waals surface area contributed by atoms with Crippen molar-refractivity contribution in [3.63, 3.8) is 0 Å². The van der Waals surface area contributed by atoms with Gasteiger partial charge in [0.15, 0.2) is 6.61 Å². The molecule has 1 saturated heterocycles. The van der Waals surface area contributed by atoms with E-state index in [9.17, 15) is 14.4 Å². The summed E-state index contributed by atoms with van der Waals surface area (Å²) in [6.45, 7) is 1.42. The third kappa shape index (κ3) is 3.25. The smallest absolute Gasteiger partial charge is 0.417 e. The van der Waals surface area contributed by atoms with Gasteiger partial charge in [0.1, 0.15) is 4.88 Å². The van der Waals surface area contributed by atoms with Crippen LogP contribution in [0.25, 0.3) is 0 Å². The summed E-state index contributed by atoms with van der Waals surface area (Å²) in [5.41, 5.74) is 1.30. The Morgan fingerprint density at radius 3 is 2.71 bits per heavy atom. The van der Waals surface area contributed by atoms with E-state index in [0.29, 0.717) is 10.6 Å². The summed E-state index contributed by atoms with van der Waals surface area (Å²) in [5, 5.41) is 6.65. The maximum Gasteiger partial charge on any atom is 0.417 e. The second kappa shape index (κ2) is 6.75. The zero-order valence-electron chi connectivity index (χ0n) is 12.8. The number of hydrogen-bond donors (Lipinski definition) is 1. The number of imide groups is 1. The highest BCUT2D eigenvalue weighted by Gasteiger charge is 2.34. The van der Waals surface area contributed by atoms with Crippen molar-refractivity contribution >= 4 is 29.4 Å². The minimum Gasteiger partial charge on any atom is -0.439 e. The van der Waals surface area contributed by atoms with Gasteiger partial charge in [0, 0.05) is 0 Å². The molecule has 3 amide bonds. The monoisotopic (exact) mass is 346 g/mol. The van der Waals surface area contributed by atoms with Crippen LogP contribution in [0, 0.1) is 6.92 Å². The largest absolute Gasteiger partial charge is 0.439 e. The molecule has 0 radical (unpaired) electrons. The number of carbonyl (C=O) groups excluding carboxylic acids is 3. The molecule has 9 heteroatoms. The standard InChI is InChI=1S/C15H14N4O4S/c1-9-13(24-18-17-9)14(21)16-11(10-5-3-2-4-6-10)7-19-12(20)8-23-15(19)22/h2-6,11H,7-8H2,1H3,(H,16,21)/t11-/m1/s1. The SMILES string of the molecule is Cc1nnsc1C(=O)N[C@H](CN1C(=O)COC1=O)c1ccccc1. The number of amides is 3. The first-order valence-corrected chi connectivity index (χ1v) is 7.95. The van der Waals surface area contributed by atoms with Crippen molar-refractivity contribution in [3.8, 4) is 0 Å². The summed E-state index contributed by atoms with van der Waals surface area (Å²) >= 11 is 0.993. The molecule has 24 heavy (non-hydrogen) atoms. The predicted octanol–water partition coefficient (Wildman–Crippen LogP) is 1.30. The molecule has 1 N–H and O–H groups in total. The van der Waals surface area contributed by atoms with Crippen LogP contribution in [-0.4, -0.2) is 45.5 Å². The molecule has 1 aliphatic heterocycles. The normalized spacial score (nSPS) is 15.3. The molecule has 0 aliphatic carbocycles. The lowest BCUT2D eigenvalue weighted by atomic mass is 10.1. The molecule has 124 valence electrons. The summed E-state index contributed by atoms with van der Waals surface area (Å²) in [6.07, 6.45) is -0.703. The highest BCUT2D eigenvalue weighted by Crippen LogP contribution is 2.19. The number of ether oxygens (including phenoxy) is 1. The molecule has 2 heterocycles. The molecule has 1 aromatic heterocycles. The minimum absolute atomic E-state index is 0.00129. The van der Waals surface area contributed by atoms with Crippen LogP contribution in [0.4, 0.5) is 4.79 Å². The van der Waals surface area contributed by atoms with E-state index in [-0.39, 0.29) is 19.1 Å². The number of nitrogens with zero attached hydrogens (tertiary/aromatic N) is 3. The van der Waals surface area contributed by atoms with E-state index >= 15 is 0 Å². The van der Waals surface area contributed by atoms with E-state index in [1.54, 1.807) is 6.92 Å². The lowest BCUT2D eigenvalue weighted by Gasteiger charge is -2.22. The molecule has 1 atom stereocenters. The number of aromatic nitrogens is 2. The van der Waals surface area contributed by atoms with Gasteiger partial charge in [-0.15, -0.1) is 5.10 Å². The molecular formula is C15H14N4O4S. The Hall–Kier alpha value is -2.81. The fraction of sp³-hybridized carbons (Fsp3) is 0.267. The van der Waals surface area contributed by atoms with Gasteiger partial charge in [-0.25, -0.2) is 9.69 Å². The van der Waals surface area contributed by atoms with Crippen LogP contribution in [0.3, 0.4) is 0 Å². The highest BCUT2D eigenvalue weighted by atomic mass is 32.1.